The predicted octanol–water partition coefficient (Wildman–Crippen LogP) is 3.21. The van der Waals surface area contributed by atoms with Crippen molar-refractivity contribution in [3.05, 3.63) is 63.9 Å². The summed E-state index contributed by atoms with van der Waals surface area (Å²) in [5, 5.41) is 3.60. The first kappa shape index (κ1) is 15.7. The molecular weight excluding hydrogens is 359 g/mol. The molecule has 0 amide bonds. The molecule has 2 rings (SSSR count). The van der Waals surface area contributed by atoms with Gasteiger partial charge in [-0.3, -0.25) is 0 Å². The fourth-order valence-corrected chi connectivity index (χ4v) is 2.80. The molecule has 110 valence electrons. The summed E-state index contributed by atoms with van der Waals surface area (Å²) in [6, 6.07) is 10.8. The van der Waals surface area contributed by atoms with Gasteiger partial charge in [0.1, 0.15) is 5.82 Å². The van der Waals surface area contributed by atoms with Gasteiger partial charge in [-0.25, -0.2) is 9.22 Å². The van der Waals surface area contributed by atoms with Gasteiger partial charge in [0.05, 0.1) is 11.1 Å². The first-order chi connectivity index (χ1) is 9.90. The van der Waals surface area contributed by atoms with E-state index in [9.17, 15) is 12.8 Å². The third-order valence-corrected chi connectivity index (χ3v) is 4.63. The molecule has 7 heteroatoms. The van der Waals surface area contributed by atoms with Crippen LogP contribution in [-0.4, -0.2) is 14.6 Å². The van der Waals surface area contributed by atoms with Crippen molar-refractivity contribution >= 4 is 32.2 Å². The largest absolute Gasteiger partial charge is 0.276 e. The molecule has 0 unspecified atom stereocenters. The van der Waals surface area contributed by atoms with Crippen molar-refractivity contribution < 1.29 is 12.8 Å². The fourth-order valence-electron chi connectivity index (χ4n) is 1.56. The van der Waals surface area contributed by atoms with Gasteiger partial charge in [0, 0.05) is 10.0 Å². The van der Waals surface area contributed by atoms with Gasteiger partial charge >= 0.3 is 0 Å². The predicted molar refractivity (Wildman–Crippen MR) is 83.2 cm³/mol. The number of halogens is 2. The highest BCUT2D eigenvalue weighted by atomic mass is 79.9. The number of nitrogens with one attached hydrogen (secondary N) is 1. The van der Waals surface area contributed by atoms with Gasteiger partial charge in [0.15, 0.2) is 0 Å². The average molecular weight is 371 g/mol. The maximum absolute atomic E-state index is 13.5. The minimum atomic E-state index is -3.76. The second-order valence-electron chi connectivity index (χ2n) is 4.30. The lowest BCUT2D eigenvalue weighted by atomic mass is 10.2. The zero-order valence-electron chi connectivity index (χ0n) is 11.0. The number of benzene rings is 2. The van der Waals surface area contributed by atoms with E-state index < -0.39 is 15.8 Å². The van der Waals surface area contributed by atoms with Crippen molar-refractivity contribution in [2.45, 2.75) is 11.8 Å². The van der Waals surface area contributed by atoms with E-state index in [1.807, 2.05) is 6.92 Å². The Kier molecular flexibility index (Phi) is 4.74. The zero-order chi connectivity index (χ0) is 15.5. The Balaban J connectivity index is 2.19. The highest BCUT2D eigenvalue weighted by Crippen LogP contribution is 2.17. The van der Waals surface area contributed by atoms with E-state index in [1.165, 1.54) is 24.3 Å². The van der Waals surface area contributed by atoms with E-state index in [0.29, 0.717) is 4.47 Å². The van der Waals surface area contributed by atoms with Gasteiger partial charge in [0.2, 0.25) is 0 Å². The van der Waals surface area contributed by atoms with Crippen molar-refractivity contribution in [3.8, 4) is 0 Å². The van der Waals surface area contributed by atoms with Gasteiger partial charge in [0.25, 0.3) is 10.0 Å². The van der Waals surface area contributed by atoms with E-state index in [1.54, 1.807) is 18.2 Å². The van der Waals surface area contributed by atoms with Crippen molar-refractivity contribution in [2.24, 2.45) is 5.10 Å². The van der Waals surface area contributed by atoms with Gasteiger partial charge in [-0.2, -0.15) is 13.5 Å². The summed E-state index contributed by atoms with van der Waals surface area (Å²) in [6.07, 6.45) is 1.12. The van der Waals surface area contributed by atoms with E-state index in [-0.39, 0.29) is 10.5 Å². The number of aryl methyl sites for hydroxylation is 1. The number of hydrogen-bond acceptors (Lipinski definition) is 3. The molecule has 0 aliphatic heterocycles. The summed E-state index contributed by atoms with van der Waals surface area (Å²) in [7, 11) is -3.76. The van der Waals surface area contributed by atoms with Crippen LogP contribution in [0.1, 0.15) is 11.1 Å². The van der Waals surface area contributed by atoms with Crippen LogP contribution in [0.2, 0.25) is 0 Å². The molecule has 4 nitrogen and oxygen atoms in total. The molecule has 0 saturated heterocycles. The number of sulfonamides is 1. The van der Waals surface area contributed by atoms with Crippen LogP contribution in [0.15, 0.2) is 56.9 Å². The fraction of sp³-hybridized carbons (Fsp3) is 0.0714. The minimum Gasteiger partial charge on any atom is -0.206 e. The maximum atomic E-state index is 13.5. The second-order valence-corrected chi connectivity index (χ2v) is 6.82. The standard InChI is InChI=1S/C14H12BrFN2O2S/c1-10-5-7-11(8-6-10)21(19,20)18-17-9-12-13(15)3-2-4-14(12)16/h2-9,18H,1H3. The third kappa shape index (κ3) is 3.89. The molecule has 0 spiro atoms. The SMILES string of the molecule is Cc1ccc(S(=O)(=O)NN=Cc2c(F)cccc2Br)cc1. The van der Waals surface area contributed by atoms with Crippen LogP contribution in [-0.2, 0) is 10.0 Å². The normalized spacial score (nSPS) is 11.8. The Hall–Kier alpha value is -1.73. The van der Waals surface area contributed by atoms with Crippen LogP contribution in [0.5, 0.6) is 0 Å². The highest BCUT2D eigenvalue weighted by molar-refractivity contribution is 9.10. The summed E-state index contributed by atoms with van der Waals surface area (Å²) >= 11 is 3.17. The zero-order valence-corrected chi connectivity index (χ0v) is 13.4. The van der Waals surface area contributed by atoms with Gasteiger partial charge in [-0.05, 0) is 31.2 Å². The Bertz CT molecular complexity index is 754. The Morgan fingerprint density at radius 3 is 2.48 bits per heavy atom. The number of hydrazone groups is 1. The second kappa shape index (κ2) is 6.36. The number of rotatable bonds is 4. The van der Waals surface area contributed by atoms with Gasteiger partial charge in [-0.1, -0.05) is 39.7 Å². The summed E-state index contributed by atoms with van der Waals surface area (Å²) in [4.78, 5) is 2.15. The van der Waals surface area contributed by atoms with Crippen LogP contribution in [0.4, 0.5) is 4.39 Å². The van der Waals surface area contributed by atoms with E-state index >= 15 is 0 Å². The van der Waals surface area contributed by atoms with E-state index in [2.05, 4.69) is 25.9 Å². The first-order valence-electron chi connectivity index (χ1n) is 5.96. The molecule has 0 atom stereocenters. The van der Waals surface area contributed by atoms with Crippen molar-refractivity contribution in [2.75, 3.05) is 0 Å². The van der Waals surface area contributed by atoms with Gasteiger partial charge < -0.3 is 0 Å². The van der Waals surface area contributed by atoms with Crippen molar-refractivity contribution in [3.63, 3.8) is 0 Å². The van der Waals surface area contributed by atoms with Crippen LogP contribution in [0.3, 0.4) is 0 Å². The molecule has 0 bridgehead atoms. The molecule has 0 radical (unpaired) electrons. The molecule has 0 fully saturated rings. The molecule has 0 aliphatic carbocycles. The highest BCUT2D eigenvalue weighted by Gasteiger charge is 2.12. The minimum absolute atomic E-state index is 0.0952. The quantitative estimate of drug-likeness (QED) is 0.663. The summed E-state index contributed by atoms with van der Waals surface area (Å²) < 4.78 is 38.0. The Morgan fingerprint density at radius 1 is 1.19 bits per heavy atom. The van der Waals surface area contributed by atoms with Crippen LogP contribution in [0.25, 0.3) is 0 Å². The van der Waals surface area contributed by atoms with Crippen LogP contribution in [0, 0.1) is 12.7 Å². The van der Waals surface area contributed by atoms with E-state index in [0.717, 1.165) is 11.8 Å². The molecule has 21 heavy (non-hydrogen) atoms. The molecule has 0 aliphatic rings. The van der Waals surface area contributed by atoms with Crippen LogP contribution >= 0.6 is 15.9 Å². The smallest absolute Gasteiger partial charge is 0.206 e. The topological polar surface area (TPSA) is 58.5 Å². The lowest BCUT2D eigenvalue weighted by Crippen LogP contribution is -2.18. The summed E-state index contributed by atoms with van der Waals surface area (Å²) in [5.41, 5.74) is 1.12. The molecule has 2 aromatic carbocycles. The average Bonchev–Trinajstić information content (AvgIpc) is 2.42. The number of hydrogen-bond donors (Lipinski definition) is 1. The molecule has 0 heterocycles. The monoisotopic (exact) mass is 370 g/mol. The maximum Gasteiger partial charge on any atom is 0.276 e. The molecule has 2 aromatic rings. The summed E-state index contributed by atoms with van der Waals surface area (Å²) in [6.45, 7) is 1.86. The van der Waals surface area contributed by atoms with Gasteiger partial charge in [-0.15, -0.1) is 0 Å². The lowest BCUT2D eigenvalue weighted by Gasteiger charge is -2.04. The van der Waals surface area contributed by atoms with E-state index in [4.69, 9.17) is 0 Å². The van der Waals surface area contributed by atoms with Crippen LogP contribution < -0.4 is 4.83 Å². The number of nitrogens with zero attached hydrogens (tertiary/aromatic N) is 1. The molecular formula is C14H12BrFN2O2S. The third-order valence-electron chi connectivity index (χ3n) is 2.70. The lowest BCUT2D eigenvalue weighted by molar-refractivity contribution is 0.584. The summed E-state index contributed by atoms with van der Waals surface area (Å²) in [5.74, 6) is -0.498. The molecule has 1 N–H and O–H groups in total. The first-order valence-corrected chi connectivity index (χ1v) is 8.23. The molecule has 0 aromatic heterocycles. The van der Waals surface area contributed by atoms with Crippen molar-refractivity contribution in [1.82, 2.24) is 4.83 Å². The molecule has 0 saturated carbocycles. The Labute approximate surface area is 130 Å². The van der Waals surface area contributed by atoms with Crippen molar-refractivity contribution in [1.29, 1.82) is 0 Å². The Morgan fingerprint density at radius 2 is 1.86 bits per heavy atom.